The zero-order chi connectivity index (χ0) is 25.8. The first kappa shape index (κ1) is 25.1. The largest absolute Gasteiger partial charge is 0.489 e. The van der Waals surface area contributed by atoms with E-state index in [2.05, 4.69) is 10.6 Å². The molecule has 0 aliphatic rings. The van der Waals surface area contributed by atoms with Gasteiger partial charge in [-0.3, -0.25) is 10.1 Å². The molecule has 0 saturated heterocycles. The van der Waals surface area contributed by atoms with Gasteiger partial charge in [-0.15, -0.1) is 0 Å². The summed E-state index contributed by atoms with van der Waals surface area (Å²) in [5.74, 6) is 0.706. The van der Waals surface area contributed by atoms with Gasteiger partial charge in [-0.25, -0.2) is 0 Å². The van der Waals surface area contributed by atoms with Gasteiger partial charge in [-0.05, 0) is 85.6 Å². The van der Waals surface area contributed by atoms with E-state index in [0.717, 1.165) is 28.2 Å². The van der Waals surface area contributed by atoms with E-state index in [4.69, 9.17) is 27.9 Å². The van der Waals surface area contributed by atoms with Crippen molar-refractivity contribution in [1.82, 2.24) is 4.57 Å². The van der Waals surface area contributed by atoms with Gasteiger partial charge in [-0.2, -0.15) is 5.26 Å². The maximum absolute atomic E-state index is 10.9. The van der Waals surface area contributed by atoms with Gasteiger partial charge in [0.25, 0.3) is 5.69 Å². The number of benzene rings is 3. The van der Waals surface area contributed by atoms with Crippen LogP contribution in [0.3, 0.4) is 0 Å². The summed E-state index contributed by atoms with van der Waals surface area (Å²) in [7, 11) is 0. The number of hydrogen-bond acceptors (Lipinski definition) is 4. The first-order valence-corrected chi connectivity index (χ1v) is 11.7. The molecule has 0 N–H and O–H groups in total. The standard InChI is InChI=1S/C28H21Cl2N3O3/c1-18-13-22(14-23(16-31)20-4-7-26(8-5-20)33(34)35)19(2)32(18)25-9-11-27(12-10-25)36-17-21-3-6-24(29)15-28(21)30/h3-15H,17H2,1-2H3/b23-14-. The number of nitriles is 1. The number of halogens is 2. The lowest BCUT2D eigenvalue weighted by atomic mass is 10.0. The predicted molar refractivity (Wildman–Crippen MR) is 143 cm³/mol. The molecule has 1 aromatic heterocycles. The Bertz CT molecular complexity index is 1500. The summed E-state index contributed by atoms with van der Waals surface area (Å²) in [6.45, 7) is 4.30. The zero-order valence-corrected chi connectivity index (χ0v) is 21.0. The third-order valence-corrected chi connectivity index (χ3v) is 6.37. The van der Waals surface area contributed by atoms with Crippen LogP contribution in [-0.2, 0) is 6.61 Å². The lowest BCUT2D eigenvalue weighted by Gasteiger charge is -2.12. The van der Waals surface area contributed by atoms with Crippen molar-refractivity contribution in [3.05, 3.63) is 121 Å². The van der Waals surface area contributed by atoms with Crippen molar-refractivity contribution in [2.75, 3.05) is 0 Å². The lowest BCUT2D eigenvalue weighted by Crippen LogP contribution is -2.00. The van der Waals surface area contributed by atoms with Gasteiger partial charge in [-0.1, -0.05) is 29.3 Å². The lowest BCUT2D eigenvalue weighted by molar-refractivity contribution is -0.384. The van der Waals surface area contributed by atoms with Gasteiger partial charge < -0.3 is 9.30 Å². The van der Waals surface area contributed by atoms with E-state index in [1.54, 1.807) is 30.3 Å². The number of nitro benzene ring substituents is 1. The molecule has 0 aliphatic carbocycles. The molecule has 3 aromatic carbocycles. The molecular weight excluding hydrogens is 497 g/mol. The number of rotatable bonds is 7. The second kappa shape index (κ2) is 10.7. The van der Waals surface area contributed by atoms with Crippen LogP contribution in [0.5, 0.6) is 5.75 Å². The molecule has 36 heavy (non-hydrogen) atoms. The van der Waals surface area contributed by atoms with E-state index in [0.29, 0.717) is 33.5 Å². The predicted octanol–water partition coefficient (Wildman–Crippen LogP) is 7.95. The SMILES string of the molecule is Cc1cc(/C=C(/C#N)c2ccc([N+](=O)[O-])cc2)c(C)n1-c1ccc(OCc2ccc(Cl)cc2Cl)cc1. The van der Waals surface area contributed by atoms with Crippen LogP contribution >= 0.6 is 23.2 Å². The molecule has 0 saturated carbocycles. The molecule has 180 valence electrons. The minimum atomic E-state index is -0.462. The van der Waals surface area contributed by atoms with Crippen molar-refractivity contribution < 1.29 is 9.66 Å². The van der Waals surface area contributed by atoms with Crippen molar-refractivity contribution >= 4 is 40.5 Å². The number of aromatic nitrogens is 1. The van der Waals surface area contributed by atoms with Crippen molar-refractivity contribution in [2.45, 2.75) is 20.5 Å². The van der Waals surface area contributed by atoms with Gasteiger partial charge in [0, 0.05) is 44.8 Å². The Labute approximate surface area is 218 Å². The van der Waals surface area contributed by atoms with E-state index in [9.17, 15) is 15.4 Å². The first-order valence-electron chi connectivity index (χ1n) is 11.0. The molecule has 0 aliphatic heterocycles. The highest BCUT2D eigenvalue weighted by Gasteiger charge is 2.12. The van der Waals surface area contributed by atoms with E-state index < -0.39 is 4.92 Å². The van der Waals surface area contributed by atoms with E-state index in [1.165, 1.54) is 12.1 Å². The van der Waals surface area contributed by atoms with Crippen LogP contribution in [0.15, 0.2) is 72.8 Å². The molecule has 0 atom stereocenters. The van der Waals surface area contributed by atoms with Crippen LogP contribution < -0.4 is 4.74 Å². The first-order chi connectivity index (χ1) is 17.3. The fourth-order valence-electron chi connectivity index (χ4n) is 3.92. The van der Waals surface area contributed by atoms with E-state index in [-0.39, 0.29) is 5.69 Å². The van der Waals surface area contributed by atoms with Crippen LogP contribution in [0.25, 0.3) is 17.3 Å². The molecule has 0 amide bonds. The van der Waals surface area contributed by atoms with Crippen molar-refractivity contribution in [1.29, 1.82) is 5.26 Å². The maximum atomic E-state index is 10.9. The Morgan fingerprint density at radius 3 is 2.36 bits per heavy atom. The van der Waals surface area contributed by atoms with Gasteiger partial charge >= 0.3 is 0 Å². The highest BCUT2D eigenvalue weighted by molar-refractivity contribution is 6.35. The highest BCUT2D eigenvalue weighted by Crippen LogP contribution is 2.28. The average molecular weight is 518 g/mol. The van der Waals surface area contributed by atoms with Gasteiger partial charge in [0.05, 0.1) is 16.6 Å². The normalized spacial score (nSPS) is 11.2. The van der Waals surface area contributed by atoms with Crippen molar-refractivity contribution in [2.24, 2.45) is 0 Å². The minimum Gasteiger partial charge on any atom is -0.489 e. The molecule has 4 rings (SSSR count). The molecule has 0 bridgehead atoms. The number of non-ortho nitro benzene ring substituents is 1. The smallest absolute Gasteiger partial charge is 0.269 e. The summed E-state index contributed by atoms with van der Waals surface area (Å²) < 4.78 is 7.98. The van der Waals surface area contributed by atoms with Gasteiger partial charge in [0.15, 0.2) is 0 Å². The number of aryl methyl sites for hydroxylation is 1. The quantitative estimate of drug-likeness (QED) is 0.141. The molecule has 0 unspecified atom stereocenters. The molecule has 0 radical (unpaired) electrons. The summed E-state index contributed by atoms with van der Waals surface area (Å²) in [5, 5.41) is 21.8. The van der Waals surface area contributed by atoms with Crippen LogP contribution in [0.2, 0.25) is 10.0 Å². The number of nitro groups is 1. The molecule has 6 nitrogen and oxygen atoms in total. The Morgan fingerprint density at radius 2 is 1.75 bits per heavy atom. The second-order valence-corrected chi connectivity index (χ2v) is 9.00. The van der Waals surface area contributed by atoms with E-state index >= 15 is 0 Å². The molecule has 1 heterocycles. The maximum Gasteiger partial charge on any atom is 0.269 e. The third kappa shape index (κ3) is 5.44. The van der Waals surface area contributed by atoms with E-state index in [1.807, 2.05) is 50.2 Å². The Balaban J connectivity index is 1.55. The van der Waals surface area contributed by atoms with Gasteiger partial charge in [0.2, 0.25) is 0 Å². The summed E-state index contributed by atoms with van der Waals surface area (Å²) in [6, 6.07) is 23.2. The fourth-order valence-corrected chi connectivity index (χ4v) is 4.38. The monoisotopic (exact) mass is 517 g/mol. The minimum absolute atomic E-state index is 0.0158. The Hall–Kier alpha value is -4.05. The number of nitrogens with zero attached hydrogens (tertiary/aromatic N) is 3. The summed E-state index contributed by atoms with van der Waals surface area (Å²) >= 11 is 12.2. The number of allylic oxidation sites excluding steroid dienone is 1. The van der Waals surface area contributed by atoms with Crippen LogP contribution in [0, 0.1) is 35.3 Å². The Kier molecular flexibility index (Phi) is 7.44. The van der Waals surface area contributed by atoms with Gasteiger partial charge in [0.1, 0.15) is 12.4 Å². The third-order valence-electron chi connectivity index (χ3n) is 5.78. The fraction of sp³-hybridized carbons (Fsp3) is 0.107. The molecular formula is C28H21Cl2N3O3. The molecule has 8 heteroatoms. The van der Waals surface area contributed by atoms with Crippen LogP contribution in [0.4, 0.5) is 5.69 Å². The molecule has 4 aromatic rings. The zero-order valence-electron chi connectivity index (χ0n) is 19.5. The number of ether oxygens (including phenoxy) is 1. The van der Waals surface area contributed by atoms with Crippen LogP contribution in [-0.4, -0.2) is 9.49 Å². The molecule has 0 spiro atoms. The van der Waals surface area contributed by atoms with Crippen molar-refractivity contribution in [3.8, 4) is 17.5 Å². The Morgan fingerprint density at radius 1 is 1.06 bits per heavy atom. The summed E-state index contributed by atoms with van der Waals surface area (Å²) in [6.07, 6.45) is 1.80. The van der Waals surface area contributed by atoms with Crippen LogP contribution in [0.1, 0.15) is 28.1 Å². The summed E-state index contributed by atoms with van der Waals surface area (Å²) in [5.41, 5.74) is 5.68. The average Bonchev–Trinajstić information content (AvgIpc) is 3.14. The topological polar surface area (TPSA) is 81.1 Å². The molecule has 0 fully saturated rings. The van der Waals surface area contributed by atoms with Crippen molar-refractivity contribution in [3.63, 3.8) is 0 Å². The second-order valence-electron chi connectivity index (χ2n) is 8.15. The highest BCUT2D eigenvalue weighted by atomic mass is 35.5. The summed E-state index contributed by atoms with van der Waals surface area (Å²) in [4.78, 5) is 10.5. The number of hydrogen-bond donors (Lipinski definition) is 0.